The van der Waals surface area contributed by atoms with Crippen molar-refractivity contribution < 1.29 is 112 Å². The molecule has 0 N–H and O–H groups in total. The van der Waals surface area contributed by atoms with Gasteiger partial charge in [0.2, 0.25) is 0 Å². The number of aryl methyl sites for hydroxylation is 3. The molecule has 10 aromatic rings. The Balaban J connectivity index is 0.00000205. The van der Waals surface area contributed by atoms with E-state index < -0.39 is 5.60 Å². The van der Waals surface area contributed by atoms with Gasteiger partial charge in [-0.2, -0.15) is 0 Å². The van der Waals surface area contributed by atoms with Gasteiger partial charge in [-0.3, -0.25) is 0 Å². The van der Waals surface area contributed by atoms with Crippen LogP contribution in [0.15, 0.2) is 213 Å². The molecule has 0 spiro atoms. The predicted molar refractivity (Wildman–Crippen MR) is 297 cm³/mol. The van der Waals surface area contributed by atoms with Crippen LogP contribution in [0.5, 0.6) is 5.75 Å². The number of hydrogen-bond acceptors (Lipinski definition) is 4. The molecule has 2 aliphatic heterocycles. The van der Waals surface area contributed by atoms with Crippen LogP contribution in [0.25, 0.3) is 90.9 Å². The summed E-state index contributed by atoms with van der Waals surface area (Å²) in [5, 5.41) is 0. The van der Waals surface area contributed by atoms with E-state index in [2.05, 4.69) is 207 Å². The Labute approximate surface area is 522 Å². The second-order valence-corrected chi connectivity index (χ2v) is 19.0. The van der Waals surface area contributed by atoms with E-state index in [0.717, 1.165) is 112 Å². The second-order valence-electron chi connectivity index (χ2n) is 19.0. The van der Waals surface area contributed by atoms with E-state index in [9.17, 15) is 0 Å². The van der Waals surface area contributed by atoms with E-state index >= 15 is 0 Å². The average Bonchev–Trinajstić information content (AvgIpc) is 4.52. The van der Waals surface area contributed by atoms with Gasteiger partial charge < -0.3 is 91.4 Å². The van der Waals surface area contributed by atoms with E-state index in [1.54, 1.807) is 0 Å². The molecule has 0 radical (unpaired) electrons. The van der Waals surface area contributed by atoms with Crippen molar-refractivity contribution in [1.29, 1.82) is 0 Å². The van der Waals surface area contributed by atoms with Crippen LogP contribution in [-0.2, 0) is 48.0 Å². The van der Waals surface area contributed by atoms with Crippen molar-refractivity contribution in [3.63, 3.8) is 0 Å². The van der Waals surface area contributed by atoms with Crippen molar-refractivity contribution in [2.75, 3.05) is 13.2 Å². The zero-order chi connectivity index (χ0) is 50.7. The Morgan fingerprint density at radius 3 is 1.00 bits per heavy atom. The van der Waals surface area contributed by atoms with Crippen LogP contribution in [0.3, 0.4) is 0 Å². The maximum atomic E-state index is 7.05. The van der Waals surface area contributed by atoms with Gasteiger partial charge in [0.25, 0.3) is 0 Å². The molecule has 0 unspecified atom stereocenters. The van der Waals surface area contributed by atoms with Crippen molar-refractivity contribution in [2.24, 2.45) is 21.1 Å². The van der Waals surface area contributed by atoms with Crippen molar-refractivity contribution in [3.05, 3.63) is 253 Å². The molecule has 4 aromatic carbocycles. The smallest absolute Gasteiger partial charge is 1.00 e. The summed E-state index contributed by atoms with van der Waals surface area (Å²) >= 11 is 0. The number of rotatable bonds is 13. The Kier molecular flexibility index (Phi) is 19.3. The number of nitrogens with zero attached hydrogens (tertiary/aromatic N) is 7. The molecule has 396 valence electrons. The van der Waals surface area contributed by atoms with Gasteiger partial charge in [0.1, 0.15) is 32.5 Å². The van der Waals surface area contributed by atoms with Gasteiger partial charge in [0.05, 0.1) is 36.0 Å². The molecule has 9 nitrogen and oxygen atoms in total. The van der Waals surface area contributed by atoms with Crippen molar-refractivity contribution in [2.45, 2.75) is 12.0 Å². The van der Waals surface area contributed by atoms with Crippen LogP contribution < -0.4 is 100 Å². The van der Waals surface area contributed by atoms with E-state index in [4.69, 9.17) is 29.4 Å². The van der Waals surface area contributed by atoms with E-state index in [-0.39, 0.29) is 88.4 Å². The largest absolute Gasteiger partial charge is 2.00 e. The summed E-state index contributed by atoms with van der Waals surface area (Å²) in [7, 11) is 6.07. The van der Waals surface area contributed by atoms with Gasteiger partial charge in [-0.05, 0) is 97.6 Å². The number of fused-ring (bicyclic) bond motifs is 8. The Morgan fingerprint density at radius 1 is 0.380 bits per heavy atom. The first-order valence-corrected chi connectivity index (χ1v) is 25.3. The molecule has 0 aliphatic carbocycles. The van der Waals surface area contributed by atoms with Crippen molar-refractivity contribution in [1.82, 2.24) is 19.9 Å². The second kappa shape index (κ2) is 26.1. The summed E-state index contributed by atoms with van der Waals surface area (Å²) in [5.41, 5.74) is 16.6. The van der Waals surface area contributed by atoms with Crippen LogP contribution in [0.1, 0.15) is 45.9 Å². The molecule has 0 saturated heterocycles. The van der Waals surface area contributed by atoms with Crippen LogP contribution in [0.4, 0.5) is 0 Å². The molecule has 12 rings (SSSR count). The van der Waals surface area contributed by atoms with Gasteiger partial charge in [0, 0.05) is 42.8 Å². The zero-order valence-corrected chi connectivity index (χ0v) is 51.0. The Hall–Kier alpha value is -6.63. The van der Waals surface area contributed by atoms with Crippen LogP contribution in [-0.4, -0.2) is 23.2 Å². The fourth-order valence-corrected chi connectivity index (χ4v) is 10.2. The minimum atomic E-state index is -0.791. The topological polar surface area (TPSA) is 84.1 Å². The van der Waals surface area contributed by atoms with Crippen LogP contribution in [0.2, 0.25) is 0 Å². The number of halogens is 3. The summed E-state index contributed by atoms with van der Waals surface area (Å²) in [6.45, 7) is 0.941. The van der Waals surface area contributed by atoms with Gasteiger partial charge in [-0.1, -0.05) is 127 Å². The molecule has 8 heterocycles. The van der Waals surface area contributed by atoms with E-state index in [1.807, 2.05) is 65.2 Å². The molecule has 13 heteroatoms. The monoisotopic (exact) mass is 1420 g/mol. The summed E-state index contributed by atoms with van der Waals surface area (Å²) in [5.74, 6) is 0.762. The molecule has 8 bridgehead atoms. The molecular weight excluding hydrogens is 1360 g/mol. The maximum absolute atomic E-state index is 7.05. The standard InChI is InChI=1S/C66H54N7O2.3HI.Ni/c1-71-38-32-47(33-39-71)63-56-26-24-54(67-56)62(46-20-22-53(23-21-46)74-44-13-45-75-66(50-14-7-4-8-15-50,51-16-9-5-10-17-51)52-18-11-6-12-19-52)55-25-27-57(68-55)64(48-34-40-72(2)41-35-48)59-29-31-61(70-59)65(60-30-28-58(63)69-60)49-36-42-73(3)43-37-49;;;;/h4-12,14-43H,13,44-45H2,1-3H3;3*1H;/q+1;;;;+2/p-3. The van der Waals surface area contributed by atoms with Crippen LogP contribution >= 0.6 is 0 Å². The third-order valence-electron chi connectivity index (χ3n) is 14.0. The summed E-state index contributed by atoms with van der Waals surface area (Å²) in [6.07, 6.45) is 21.4. The minimum absolute atomic E-state index is 0. The average molecular weight is 1420 g/mol. The first kappa shape index (κ1) is 58.5. The van der Waals surface area contributed by atoms with Crippen LogP contribution in [0, 0.1) is 0 Å². The molecule has 0 amide bonds. The normalized spacial score (nSPS) is 11.4. The summed E-state index contributed by atoms with van der Waals surface area (Å²) in [4.78, 5) is 21.8. The fraction of sp³-hybridized carbons (Fsp3) is 0.106. The minimum Gasteiger partial charge on any atom is -1.00 e. The molecular formula is C66H54I3N7NiO2. The van der Waals surface area contributed by atoms with Gasteiger partial charge in [0.15, 0.2) is 37.2 Å². The SMILES string of the molecule is C[n+]1ccc(-c2c3nc(c(-c4cc[n+](C)cc4)c4ccc([n-]4)c(-c4cc[n+](C)cc4)c4nc(c(-c5ccc(OCCCOC(c6ccccc6)(c6ccccc6)c6ccccc6)cc5)c5ccc2[n-]5)C=C4)C=C3)cc1.[I-].[I-].[I-].[Ni+2]. The number of ether oxygens (including phenoxy) is 2. The molecule has 6 aromatic heterocycles. The van der Waals surface area contributed by atoms with Gasteiger partial charge >= 0.3 is 16.5 Å². The van der Waals surface area contributed by atoms with E-state index in [1.165, 1.54) is 0 Å². The van der Waals surface area contributed by atoms with Gasteiger partial charge in [-0.25, -0.2) is 23.7 Å². The summed E-state index contributed by atoms with van der Waals surface area (Å²) in [6, 6.07) is 60.8. The number of pyridine rings is 3. The molecule has 2 aliphatic rings. The first-order chi connectivity index (χ1) is 36.9. The molecule has 0 saturated carbocycles. The van der Waals surface area contributed by atoms with Crippen molar-refractivity contribution >= 4 is 46.4 Å². The Morgan fingerprint density at radius 2 is 0.684 bits per heavy atom. The molecule has 79 heavy (non-hydrogen) atoms. The number of aromatic nitrogens is 7. The maximum Gasteiger partial charge on any atom is 2.00 e. The summed E-state index contributed by atoms with van der Waals surface area (Å²) < 4.78 is 19.6. The Bertz CT molecular complexity index is 3790. The first-order valence-electron chi connectivity index (χ1n) is 25.3. The number of hydrogen-bond donors (Lipinski definition) is 0. The van der Waals surface area contributed by atoms with E-state index in [0.29, 0.717) is 19.6 Å². The van der Waals surface area contributed by atoms with Crippen molar-refractivity contribution in [3.8, 4) is 50.3 Å². The third-order valence-corrected chi connectivity index (χ3v) is 14.0. The molecule has 0 fully saturated rings. The number of benzene rings is 4. The predicted octanol–water partition coefficient (Wildman–Crippen LogP) is 2.84. The quantitative estimate of drug-likeness (QED) is 0.0582. The molecule has 0 atom stereocenters. The third kappa shape index (κ3) is 12.1. The fourth-order valence-electron chi connectivity index (χ4n) is 10.2. The van der Waals surface area contributed by atoms with Gasteiger partial charge in [-0.15, -0.1) is 22.1 Å². The zero-order valence-electron chi connectivity index (χ0n) is 43.5.